The number of nitrogens with zero attached hydrogens (tertiary/aromatic N) is 1. The molecule has 2 rings (SSSR count). The molecule has 0 radical (unpaired) electrons. The van der Waals surface area contributed by atoms with Crippen molar-refractivity contribution in [1.82, 2.24) is 4.98 Å². The molecule has 25 heavy (non-hydrogen) atoms. The predicted molar refractivity (Wildman–Crippen MR) is 88.1 cm³/mol. The van der Waals surface area contributed by atoms with E-state index in [0.717, 1.165) is 0 Å². The Morgan fingerprint density at radius 1 is 1.16 bits per heavy atom. The molecule has 0 aliphatic heterocycles. The quantitative estimate of drug-likeness (QED) is 0.776. The summed E-state index contributed by atoms with van der Waals surface area (Å²) < 4.78 is 38.8. The van der Waals surface area contributed by atoms with Gasteiger partial charge in [0.15, 0.2) is 11.5 Å². The SMILES string of the molecule is COc1ccc(NC(=O)C=Cc2ccc(OC(F)F)c(OC)c2)cn1. The molecule has 0 aliphatic rings. The Morgan fingerprint density at radius 2 is 1.96 bits per heavy atom. The molecule has 1 amide bonds. The minimum absolute atomic E-state index is 0.0802. The van der Waals surface area contributed by atoms with Gasteiger partial charge in [0.1, 0.15) is 0 Å². The standard InChI is InChI=1S/C17H16F2N2O4/c1-23-14-9-11(3-6-13(14)25-17(18)19)4-7-15(22)21-12-5-8-16(24-2)20-10-12/h3-10,17H,1-2H3,(H,21,22). The number of halogens is 2. The summed E-state index contributed by atoms with van der Waals surface area (Å²) in [7, 11) is 2.83. The van der Waals surface area contributed by atoms with Crippen molar-refractivity contribution in [3.8, 4) is 17.4 Å². The number of aromatic nitrogens is 1. The molecule has 0 fully saturated rings. The number of amides is 1. The van der Waals surface area contributed by atoms with Crippen LogP contribution in [0.4, 0.5) is 14.5 Å². The van der Waals surface area contributed by atoms with E-state index in [-0.39, 0.29) is 17.4 Å². The topological polar surface area (TPSA) is 69.7 Å². The Labute approximate surface area is 143 Å². The minimum Gasteiger partial charge on any atom is -0.493 e. The molecule has 0 spiro atoms. The van der Waals surface area contributed by atoms with Gasteiger partial charge >= 0.3 is 6.61 Å². The normalized spacial score (nSPS) is 10.8. The van der Waals surface area contributed by atoms with Gasteiger partial charge in [0.2, 0.25) is 11.8 Å². The zero-order valence-electron chi connectivity index (χ0n) is 13.5. The van der Waals surface area contributed by atoms with Crippen LogP contribution in [0.5, 0.6) is 17.4 Å². The highest BCUT2D eigenvalue weighted by Crippen LogP contribution is 2.29. The number of nitrogens with one attached hydrogen (secondary N) is 1. The van der Waals surface area contributed by atoms with Crippen molar-refractivity contribution >= 4 is 17.7 Å². The fourth-order valence-corrected chi connectivity index (χ4v) is 1.91. The van der Waals surface area contributed by atoms with E-state index in [9.17, 15) is 13.6 Å². The summed E-state index contributed by atoms with van der Waals surface area (Å²) in [5, 5.41) is 2.63. The number of carbonyl (C=O) groups is 1. The lowest BCUT2D eigenvalue weighted by Gasteiger charge is -2.10. The summed E-state index contributed by atoms with van der Waals surface area (Å²) >= 11 is 0. The Morgan fingerprint density at radius 3 is 2.56 bits per heavy atom. The van der Waals surface area contributed by atoms with Crippen LogP contribution in [-0.4, -0.2) is 31.7 Å². The monoisotopic (exact) mass is 350 g/mol. The van der Waals surface area contributed by atoms with Gasteiger partial charge < -0.3 is 19.5 Å². The van der Waals surface area contributed by atoms with Crippen molar-refractivity contribution in [3.05, 3.63) is 48.2 Å². The Kier molecular flexibility index (Phi) is 6.27. The lowest BCUT2D eigenvalue weighted by molar-refractivity contribution is -0.111. The lowest BCUT2D eigenvalue weighted by atomic mass is 10.2. The molecule has 132 valence electrons. The summed E-state index contributed by atoms with van der Waals surface area (Å²) in [6.07, 6.45) is 4.28. The van der Waals surface area contributed by atoms with Crippen LogP contribution in [0.25, 0.3) is 6.08 Å². The number of alkyl halides is 2. The van der Waals surface area contributed by atoms with Gasteiger partial charge in [0, 0.05) is 12.1 Å². The highest BCUT2D eigenvalue weighted by atomic mass is 19.3. The maximum absolute atomic E-state index is 12.3. The van der Waals surface area contributed by atoms with Crippen LogP contribution in [-0.2, 0) is 4.79 Å². The van der Waals surface area contributed by atoms with E-state index >= 15 is 0 Å². The van der Waals surface area contributed by atoms with Gasteiger partial charge in [0.25, 0.3) is 0 Å². The molecule has 0 aliphatic carbocycles. The Bertz CT molecular complexity index is 749. The Balaban J connectivity index is 2.03. The first-order chi connectivity index (χ1) is 12.0. The molecule has 1 aromatic carbocycles. The average Bonchev–Trinajstić information content (AvgIpc) is 2.61. The highest BCUT2D eigenvalue weighted by Gasteiger charge is 2.10. The second kappa shape index (κ2) is 8.62. The van der Waals surface area contributed by atoms with Crippen LogP contribution < -0.4 is 19.5 Å². The Hall–Kier alpha value is -3.16. The molecule has 6 nitrogen and oxygen atoms in total. The van der Waals surface area contributed by atoms with Crippen molar-refractivity contribution in [3.63, 3.8) is 0 Å². The zero-order chi connectivity index (χ0) is 18.2. The maximum Gasteiger partial charge on any atom is 0.387 e. The van der Waals surface area contributed by atoms with Crippen LogP contribution in [0.15, 0.2) is 42.6 Å². The number of hydrogen-bond acceptors (Lipinski definition) is 5. The number of ether oxygens (including phenoxy) is 3. The number of carbonyl (C=O) groups excluding carboxylic acids is 1. The van der Waals surface area contributed by atoms with Gasteiger partial charge in [-0.25, -0.2) is 4.98 Å². The summed E-state index contributed by atoms with van der Waals surface area (Å²) in [5.74, 6) is 0.121. The third kappa shape index (κ3) is 5.45. The first-order valence-electron chi connectivity index (χ1n) is 7.14. The van der Waals surface area contributed by atoms with Crippen LogP contribution >= 0.6 is 0 Å². The molecule has 0 saturated carbocycles. The molecular formula is C17H16F2N2O4. The van der Waals surface area contributed by atoms with Gasteiger partial charge in [0.05, 0.1) is 26.1 Å². The molecule has 0 unspecified atom stereocenters. The van der Waals surface area contributed by atoms with Crippen LogP contribution in [0.3, 0.4) is 0 Å². The predicted octanol–water partition coefficient (Wildman–Crippen LogP) is 3.35. The van der Waals surface area contributed by atoms with Gasteiger partial charge in [-0.2, -0.15) is 8.78 Å². The number of methoxy groups -OCH3 is 2. The number of rotatable bonds is 7. The van der Waals surface area contributed by atoms with E-state index in [0.29, 0.717) is 17.1 Å². The lowest BCUT2D eigenvalue weighted by Crippen LogP contribution is -2.08. The molecule has 1 heterocycles. The first kappa shape index (κ1) is 18.2. The largest absolute Gasteiger partial charge is 0.493 e. The molecule has 2 aromatic rings. The van der Waals surface area contributed by atoms with Crippen LogP contribution in [0, 0.1) is 0 Å². The van der Waals surface area contributed by atoms with Crippen molar-refractivity contribution in [2.75, 3.05) is 19.5 Å². The molecule has 0 atom stereocenters. The van der Waals surface area contributed by atoms with E-state index in [1.54, 1.807) is 12.1 Å². The maximum atomic E-state index is 12.3. The molecule has 8 heteroatoms. The molecule has 1 N–H and O–H groups in total. The average molecular weight is 350 g/mol. The highest BCUT2D eigenvalue weighted by molar-refractivity contribution is 6.01. The van der Waals surface area contributed by atoms with Crippen LogP contribution in [0.1, 0.15) is 5.56 Å². The fraction of sp³-hybridized carbons (Fsp3) is 0.176. The van der Waals surface area contributed by atoms with Crippen molar-refractivity contribution in [1.29, 1.82) is 0 Å². The molecule has 0 saturated heterocycles. The minimum atomic E-state index is -2.95. The number of hydrogen-bond donors (Lipinski definition) is 1. The third-order valence-electron chi connectivity index (χ3n) is 3.04. The molecule has 1 aromatic heterocycles. The van der Waals surface area contributed by atoms with Crippen molar-refractivity contribution in [2.24, 2.45) is 0 Å². The van der Waals surface area contributed by atoms with E-state index < -0.39 is 6.61 Å². The van der Waals surface area contributed by atoms with Gasteiger partial charge in [-0.15, -0.1) is 0 Å². The van der Waals surface area contributed by atoms with E-state index in [1.807, 2.05) is 0 Å². The van der Waals surface area contributed by atoms with Crippen molar-refractivity contribution in [2.45, 2.75) is 6.61 Å². The number of anilines is 1. The van der Waals surface area contributed by atoms with E-state index in [1.165, 1.54) is 50.8 Å². The summed E-state index contributed by atoms with van der Waals surface area (Å²) in [6.45, 7) is -2.95. The molecular weight excluding hydrogens is 334 g/mol. The second-order valence-corrected chi connectivity index (χ2v) is 4.70. The van der Waals surface area contributed by atoms with E-state index in [4.69, 9.17) is 9.47 Å². The van der Waals surface area contributed by atoms with Gasteiger partial charge in [-0.3, -0.25) is 4.79 Å². The first-order valence-corrected chi connectivity index (χ1v) is 7.14. The van der Waals surface area contributed by atoms with E-state index in [2.05, 4.69) is 15.0 Å². The summed E-state index contributed by atoms with van der Waals surface area (Å²) in [4.78, 5) is 15.9. The summed E-state index contributed by atoms with van der Waals surface area (Å²) in [6, 6.07) is 7.62. The van der Waals surface area contributed by atoms with Crippen molar-refractivity contribution < 1.29 is 27.8 Å². The smallest absolute Gasteiger partial charge is 0.387 e. The number of pyridine rings is 1. The van der Waals surface area contributed by atoms with Crippen LogP contribution in [0.2, 0.25) is 0 Å². The second-order valence-electron chi connectivity index (χ2n) is 4.70. The zero-order valence-corrected chi connectivity index (χ0v) is 13.5. The fourth-order valence-electron chi connectivity index (χ4n) is 1.91. The van der Waals surface area contributed by atoms with Gasteiger partial charge in [-0.05, 0) is 29.8 Å². The third-order valence-corrected chi connectivity index (χ3v) is 3.04. The number of benzene rings is 1. The molecule has 0 bridgehead atoms. The summed E-state index contributed by atoms with van der Waals surface area (Å²) in [5.41, 5.74) is 1.09. The van der Waals surface area contributed by atoms with Gasteiger partial charge in [-0.1, -0.05) is 6.07 Å².